The van der Waals surface area contributed by atoms with E-state index in [1.54, 1.807) is 6.92 Å². The number of carbonyl (C=O) groups excluding carboxylic acids is 1. The summed E-state index contributed by atoms with van der Waals surface area (Å²) in [6.45, 7) is 8.79. The number of nitrogens with zero attached hydrogens (tertiary/aromatic N) is 3. The van der Waals surface area contributed by atoms with Crippen molar-refractivity contribution in [2.75, 3.05) is 5.32 Å². The number of aryl methyl sites for hydroxylation is 4. The van der Waals surface area contributed by atoms with E-state index in [1.165, 1.54) is 0 Å². The molecule has 7 heteroatoms. The Morgan fingerprint density at radius 1 is 1.10 bits per heavy atom. The number of hydrogen-bond donors (Lipinski definition) is 1. The van der Waals surface area contributed by atoms with Crippen molar-refractivity contribution < 1.29 is 14.1 Å². The van der Waals surface area contributed by atoms with Crippen LogP contribution in [0.15, 0.2) is 47.0 Å². The van der Waals surface area contributed by atoms with Crippen LogP contribution < -0.4 is 10.1 Å². The van der Waals surface area contributed by atoms with Gasteiger partial charge < -0.3 is 13.8 Å². The summed E-state index contributed by atoms with van der Waals surface area (Å²) < 4.78 is 13.4. The average molecular weight is 418 g/mol. The van der Waals surface area contributed by atoms with Crippen LogP contribution in [0, 0.1) is 20.8 Å². The third-order valence-corrected chi connectivity index (χ3v) is 5.30. The first-order valence-electron chi connectivity index (χ1n) is 10.4. The first kappa shape index (κ1) is 20.7. The molecule has 0 aliphatic heterocycles. The van der Waals surface area contributed by atoms with Gasteiger partial charge in [-0.3, -0.25) is 10.1 Å². The Bertz CT molecular complexity index is 1220. The van der Waals surface area contributed by atoms with Crippen LogP contribution in [-0.2, 0) is 13.2 Å². The molecule has 1 N–H and O–H groups in total. The lowest BCUT2D eigenvalue weighted by atomic mass is 10.1. The molecule has 0 radical (unpaired) electrons. The van der Waals surface area contributed by atoms with Gasteiger partial charge in [0, 0.05) is 6.54 Å². The van der Waals surface area contributed by atoms with Crippen LogP contribution in [0.25, 0.3) is 11.0 Å². The van der Waals surface area contributed by atoms with Crippen molar-refractivity contribution >= 4 is 22.9 Å². The van der Waals surface area contributed by atoms with Crippen LogP contribution in [0.2, 0.25) is 0 Å². The van der Waals surface area contributed by atoms with Crippen molar-refractivity contribution in [3.05, 3.63) is 70.6 Å². The highest BCUT2D eigenvalue weighted by Gasteiger charge is 2.23. The van der Waals surface area contributed by atoms with Crippen molar-refractivity contribution in [3.8, 4) is 5.75 Å². The Kier molecular flexibility index (Phi) is 5.75. The number of carbonyl (C=O) groups is 1. The molecule has 2 aromatic heterocycles. The molecule has 4 rings (SSSR count). The molecule has 2 aromatic carbocycles. The monoisotopic (exact) mass is 418 g/mol. The van der Waals surface area contributed by atoms with Crippen LogP contribution in [0.1, 0.15) is 46.3 Å². The zero-order valence-corrected chi connectivity index (χ0v) is 18.2. The molecule has 4 aromatic rings. The SMILES string of the molecule is CCCn1c(NC(=O)c2noc(C)c2COc2c(C)cccc2C)nc2ccccc21. The van der Waals surface area contributed by atoms with Crippen molar-refractivity contribution in [1.29, 1.82) is 0 Å². The molecule has 1 amide bonds. The maximum atomic E-state index is 13.1. The topological polar surface area (TPSA) is 82.2 Å². The minimum Gasteiger partial charge on any atom is -0.488 e. The number of aromatic nitrogens is 3. The maximum Gasteiger partial charge on any atom is 0.280 e. The van der Waals surface area contributed by atoms with E-state index in [9.17, 15) is 4.79 Å². The number of para-hydroxylation sites is 3. The second-order valence-electron chi connectivity index (χ2n) is 7.61. The number of amides is 1. The Morgan fingerprint density at radius 2 is 1.84 bits per heavy atom. The number of fused-ring (bicyclic) bond motifs is 1. The van der Waals surface area contributed by atoms with Gasteiger partial charge in [0.05, 0.1) is 16.6 Å². The Balaban J connectivity index is 1.59. The third kappa shape index (κ3) is 4.03. The molecule has 0 aliphatic carbocycles. The Morgan fingerprint density at radius 3 is 2.58 bits per heavy atom. The van der Waals surface area contributed by atoms with E-state index < -0.39 is 0 Å². The van der Waals surface area contributed by atoms with E-state index in [-0.39, 0.29) is 18.2 Å². The van der Waals surface area contributed by atoms with Gasteiger partial charge in [-0.05, 0) is 50.5 Å². The summed E-state index contributed by atoms with van der Waals surface area (Å²) in [4.78, 5) is 17.7. The molecular weight excluding hydrogens is 392 g/mol. The van der Waals surface area contributed by atoms with Gasteiger partial charge >= 0.3 is 0 Å². The van der Waals surface area contributed by atoms with Crippen LogP contribution in [0.3, 0.4) is 0 Å². The summed E-state index contributed by atoms with van der Waals surface area (Å²) in [7, 11) is 0. The molecule has 0 bridgehead atoms. The third-order valence-electron chi connectivity index (χ3n) is 5.30. The number of ether oxygens (including phenoxy) is 1. The van der Waals surface area contributed by atoms with Gasteiger partial charge in [-0.15, -0.1) is 0 Å². The largest absolute Gasteiger partial charge is 0.488 e. The highest BCUT2D eigenvalue weighted by molar-refractivity contribution is 6.03. The molecule has 31 heavy (non-hydrogen) atoms. The van der Waals surface area contributed by atoms with Crippen LogP contribution in [0.4, 0.5) is 5.95 Å². The molecule has 7 nitrogen and oxygen atoms in total. The lowest BCUT2D eigenvalue weighted by Gasteiger charge is -2.12. The number of rotatable bonds is 7. The van der Waals surface area contributed by atoms with Gasteiger partial charge in [0.25, 0.3) is 5.91 Å². The zero-order valence-electron chi connectivity index (χ0n) is 18.2. The predicted molar refractivity (Wildman–Crippen MR) is 119 cm³/mol. The van der Waals surface area contributed by atoms with Crippen molar-refractivity contribution in [2.24, 2.45) is 0 Å². The number of nitrogens with one attached hydrogen (secondary N) is 1. The first-order chi connectivity index (χ1) is 15.0. The second-order valence-corrected chi connectivity index (χ2v) is 7.61. The molecule has 0 unspecified atom stereocenters. The Hall–Kier alpha value is -3.61. The van der Waals surface area contributed by atoms with Crippen molar-refractivity contribution in [2.45, 2.75) is 47.3 Å². The smallest absolute Gasteiger partial charge is 0.280 e. The summed E-state index contributed by atoms with van der Waals surface area (Å²) in [5.41, 5.74) is 4.72. The molecular formula is C24H26N4O3. The predicted octanol–water partition coefficient (Wildman–Crippen LogP) is 5.19. The lowest BCUT2D eigenvalue weighted by molar-refractivity contribution is 0.101. The van der Waals surface area contributed by atoms with Gasteiger partial charge in [0.15, 0.2) is 5.69 Å². The lowest BCUT2D eigenvalue weighted by Crippen LogP contribution is -2.18. The zero-order chi connectivity index (χ0) is 22.0. The van der Waals surface area contributed by atoms with E-state index in [2.05, 4.69) is 22.4 Å². The highest BCUT2D eigenvalue weighted by atomic mass is 16.5. The van der Waals surface area contributed by atoms with E-state index in [1.807, 2.05) is 60.9 Å². The van der Waals surface area contributed by atoms with E-state index in [0.29, 0.717) is 17.3 Å². The van der Waals surface area contributed by atoms with Crippen molar-refractivity contribution in [3.63, 3.8) is 0 Å². The van der Waals surface area contributed by atoms with Gasteiger partial charge in [-0.25, -0.2) is 4.98 Å². The number of hydrogen-bond acceptors (Lipinski definition) is 5. The summed E-state index contributed by atoms with van der Waals surface area (Å²) >= 11 is 0. The first-order valence-corrected chi connectivity index (χ1v) is 10.4. The fourth-order valence-electron chi connectivity index (χ4n) is 3.69. The number of imidazole rings is 1. The fourth-order valence-corrected chi connectivity index (χ4v) is 3.69. The van der Waals surface area contributed by atoms with Gasteiger partial charge in [0.1, 0.15) is 18.1 Å². The molecule has 0 fully saturated rings. The normalized spacial score (nSPS) is 11.1. The molecule has 0 aliphatic rings. The van der Waals surface area contributed by atoms with Gasteiger partial charge in [-0.1, -0.05) is 42.4 Å². The molecule has 2 heterocycles. The number of benzene rings is 2. The van der Waals surface area contributed by atoms with Gasteiger partial charge in [-0.2, -0.15) is 0 Å². The van der Waals surface area contributed by atoms with E-state index >= 15 is 0 Å². The van der Waals surface area contributed by atoms with Gasteiger partial charge in [0.2, 0.25) is 5.95 Å². The quantitative estimate of drug-likeness (QED) is 0.447. The average Bonchev–Trinajstić information content (AvgIpc) is 3.28. The molecule has 160 valence electrons. The second kappa shape index (κ2) is 8.63. The molecule has 0 saturated heterocycles. The minimum atomic E-state index is -0.371. The highest BCUT2D eigenvalue weighted by Crippen LogP contribution is 2.26. The standard InChI is InChI=1S/C24H26N4O3/c1-5-13-28-20-12-7-6-11-19(20)25-24(28)26-23(29)21-18(17(4)31-27-21)14-30-22-15(2)9-8-10-16(22)3/h6-12H,5,13-14H2,1-4H3,(H,25,26,29). The van der Waals surface area contributed by atoms with Crippen LogP contribution >= 0.6 is 0 Å². The summed E-state index contributed by atoms with van der Waals surface area (Å²) in [5.74, 6) is 1.48. The van der Waals surface area contributed by atoms with Crippen LogP contribution in [-0.4, -0.2) is 20.6 Å². The summed E-state index contributed by atoms with van der Waals surface area (Å²) in [6.07, 6.45) is 0.918. The molecule has 0 spiro atoms. The number of anilines is 1. The minimum absolute atomic E-state index is 0.190. The Labute approximate surface area is 181 Å². The summed E-state index contributed by atoms with van der Waals surface area (Å²) in [5, 5.41) is 6.91. The molecule has 0 saturated carbocycles. The van der Waals surface area contributed by atoms with Crippen molar-refractivity contribution in [1.82, 2.24) is 14.7 Å². The van der Waals surface area contributed by atoms with E-state index in [4.69, 9.17) is 9.26 Å². The van der Waals surface area contributed by atoms with Crippen LogP contribution in [0.5, 0.6) is 5.75 Å². The molecule has 0 atom stereocenters. The maximum absolute atomic E-state index is 13.1. The fraction of sp³-hybridized carbons (Fsp3) is 0.292. The summed E-state index contributed by atoms with van der Waals surface area (Å²) in [6, 6.07) is 13.8. The van der Waals surface area contributed by atoms with E-state index in [0.717, 1.165) is 40.9 Å².